The average Bonchev–Trinajstić information content (AvgIpc) is 3.32. The van der Waals surface area contributed by atoms with Gasteiger partial charge in [-0.25, -0.2) is 0 Å². The molecule has 1 aromatic carbocycles. The van der Waals surface area contributed by atoms with Crippen molar-refractivity contribution < 1.29 is 9.53 Å². The Morgan fingerprint density at radius 1 is 1.17 bits per heavy atom. The van der Waals surface area contributed by atoms with Crippen LogP contribution in [0, 0.1) is 0 Å². The Labute approximate surface area is 149 Å². The van der Waals surface area contributed by atoms with E-state index in [9.17, 15) is 4.79 Å². The molecule has 0 spiro atoms. The Balaban J connectivity index is 1.61. The average molecular weight is 358 g/mol. The molecule has 0 aliphatic rings. The van der Waals surface area contributed by atoms with Crippen LogP contribution < -0.4 is 10.1 Å². The first-order chi connectivity index (χ1) is 11.8. The molecule has 3 rings (SSSR count). The van der Waals surface area contributed by atoms with Crippen molar-refractivity contribution in [3.05, 3.63) is 74.6 Å². The maximum Gasteiger partial charge on any atom is 0.221 e. The Kier molecular flexibility index (Phi) is 5.67. The first kappa shape index (κ1) is 16.7. The van der Waals surface area contributed by atoms with Crippen LogP contribution in [-0.2, 0) is 11.2 Å². The van der Waals surface area contributed by atoms with Gasteiger partial charge in [0, 0.05) is 11.3 Å². The van der Waals surface area contributed by atoms with Crippen molar-refractivity contribution >= 4 is 28.6 Å². The lowest BCUT2D eigenvalue weighted by Gasteiger charge is -2.16. The predicted octanol–water partition coefficient (Wildman–Crippen LogP) is 4.66. The number of benzene rings is 1. The molecule has 3 nitrogen and oxygen atoms in total. The lowest BCUT2D eigenvalue weighted by molar-refractivity contribution is -0.121. The summed E-state index contributed by atoms with van der Waals surface area (Å²) in [5, 5.41) is 9.34. The second-order valence-corrected chi connectivity index (χ2v) is 7.18. The number of nitrogens with one attached hydrogen (secondary N) is 1. The predicted molar refractivity (Wildman–Crippen MR) is 99.9 cm³/mol. The van der Waals surface area contributed by atoms with E-state index in [0.29, 0.717) is 6.42 Å². The number of rotatable bonds is 7. The Morgan fingerprint density at radius 2 is 2.00 bits per heavy atom. The van der Waals surface area contributed by atoms with Gasteiger partial charge in [0.25, 0.3) is 0 Å². The van der Waals surface area contributed by atoms with Crippen molar-refractivity contribution in [3.63, 3.8) is 0 Å². The summed E-state index contributed by atoms with van der Waals surface area (Å²) in [6.45, 7) is 0. The Bertz CT molecular complexity index is 715. The van der Waals surface area contributed by atoms with Gasteiger partial charge in [-0.3, -0.25) is 4.79 Å². The molecular formula is C19H19NO2S2. The molecule has 1 amide bonds. The van der Waals surface area contributed by atoms with Crippen molar-refractivity contribution in [3.8, 4) is 5.75 Å². The van der Waals surface area contributed by atoms with Crippen molar-refractivity contribution in [2.45, 2.75) is 18.9 Å². The van der Waals surface area contributed by atoms with Gasteiger partial charge in [-0.05, 0) is 58.0 Å². The number of aryl methyl sites for hydroxylation is 1. The number of hydrogen-bond acceptors (Lipinski definition) is 4. The van der Waals surface area contributed by atoms with Crippen LogP contribution in [0.25, 0.3) is 0 Å². The van der Waals surface area contributed by atoms with E-state index in [4.69, 9.17) is 4.74 Å². The number of ether oxygens (including phenoxy) is 1. The van der Waals surface area contributed by atoms with Gasteiger partial charge in [0.1, 0.15) is 5.75 Å². The zero-order valence-electron chi connectivity index (χ0n) is 13.4. The molecule has 1 atom stereocenters. The van der Waals surface area contributed by atoms with Crippen molar-refractivity contribution in [2.75, 3.05) is 7.11 Å². The normalized spacial score (nSPS) is 11.9. The lowest BCUT2D eigenvalue weighted by atomic mass is 10.1. The summed E-state index contributed by atoms with van der Waals surface area (Å²) in [6.07, 6.45) is 1.19. The second kappa shape index (κ2) is 8.13. The van der Waals surface area contributed by atoms with E-state index in [1.165, 1.54) is 0 Å². The highest BCUT2D eigenvalue weighted by molar-refractivity contribution is 7.10. The lowest BCUT2D eigenvalue weighted by Crippen LogP contribution is -2.28. The van der Waals surface area contributed by atoms with E-state index in [0.717, 1.165) is 28.2 Å². The van der Waals surface area contributed by atoms with Crippen LogP contribution in [0.3, 0.4) is 0 Å². The smallest absolute Gasteiger partial charge is 0.221 e. The summed E-state index contributed by atoms with van der Waals surface area (Å²) >= 11 is 3.31. The maximum absolute atomic E-state index is 12.4. The summed E-state index contributed by atoms with van der Waals surface area (Å²) in [5.41, 5.74) is 2.27. The highest BCUT2D eigenvalue weighted by Gasteiger charge is 2.18. The van der Waals surface area contributed by atoms with E-state index in [1.54, 1.807) is 29.8 Å². The Hall–Kier alpha value is -2.11. The van der Waals surface area contributed by atoms with Crippen LogP contribution >= 0.6 is 22.7 Å². The summed E-state index contributed by atoms with van der Waals surface area (Å²) in [4.78, 5) is 13.6. The molecule has 2 heterocycles. The molecule has 0 radical (unpaired) electrons. The zero-order valence-corrected chi connectivity index (χ0v) is 15.0. The van der Waals surface area contributed by atoms with Gasteiger partial charge in [-0.1, -0.05) is 18.2 Å². The standard InChI is InChI=1S/C19H19NO2S2/c1-22-16-7-4-14(5-8-16)6-9-18(21)20-19(15-10-12-23-13-15)17-3-2-11-24-17/h2-5,7-8,10-13,19H,6,9H2,1H3,(H,20,21). The minimum Gasteiger partial charge on any atom is -0.497 e. The second-order valence-electron chi connectivity index (χ2n) is 5.42. The number of carbonyl (C=O) groups is 1. The quantitative estimate of drug-likeness (QED) is 0.668. The molecule has 1 N–H and O–H groups in total. The fourth-order valence-electron chi connectivity index (χ4n) is 2.50. The molecule has 0 aliphatic heterocycles. The number of carbonyl (C=O) groups excluding carboxylic acids is 1. The van der Waals surface area contributed by atoms with Gasteiger partial charge in [-0.2, -0.15) is 11.3 Å². The van der Waals surface area contributed by atoms with Crippen LogP contribution in [0.1, 0.15) is 28.5 Å². The van der Waals surface area contributed by atoms with Crippen molar-refractivity contribution in [2.24, 2.45) is 0 Å². The topological polar surface area (TPSA) is 38.3 Å². The summed E-state index contributed by atoms with van der Waals surface area (Å²) in [7, 11) is 1.65. The fourth-order valence-corrected chi connectivity index (χ4v) is 3.99. The molecule has 0 aliphatic carbocycles. The minimum absolute atomic E-state index is 0.0559. The minimum atomic E-state index is -0.0559. The molecule has 5 heteroatoms. The monoisotopic (exact) mass is 357 g/mol. The number of methoxy groups -OCH3 is 1. The van der Waals surface area contributed by atoms with E-state index in [-0.39, 0.29) is 11.9 Å². The zero-order chi connectivity index (χ0) is 16.8. The van der Waals surface area contributed by atoms with Gasteiger partial charge < -0.3 is 10.1 Å². The first-order valence-electron chi connectivity index (χ1n) is 7.74. The van der Waals surface area contributed by atoms with Gasteiger partial charge in [0.05, 0.1) is 13.2 Å². The fraction of sp³-hybridized carbons (Fsp3) is 0.211. The maximum atomic E-state index is 12.4. The van der Waals surface area contributed by atoms with Gasteiger partial charge >= 0.3 is 0 Å². The van der Waals surface area contributed by atoms with Gasteiger partial charge in [-0.15, -0.1) is 11.3 Å². The molecule has 0 saturated heterocycles. The number of amides is 1. The highest BCUT2D eigenvalue weighted by Crippen LogP contribution is 2.27. The summed E-state index contributed by atoms with van der Waals surface area (Å²) in [5.74, 6) is 0.897. The molecule has 124 valence electrons. The van der Waals surface area contributed by atoms with E-state index < -0.39 is 0 Å². The number of hydrogen-bond donors (Lipinski definition) is 1. The number of thiophene rings is 2. The molecule has 0 fully saturated rings. The van der Waals surface area contributed by atoms with Crippen LogP contribution in [0.4, 0.5) is 0 Å². The third-order valence-corrected chi connectivity index (χ3v) is 5.45. The molecule has 2 aromatic heterocycles. The van der Waals surface area contributed by atoms with E-state index in [1.807, 2.05) is 41.1 Å². The largest absolute Gasteiger partial charge is 0.497 e. The van der Waals surface area contributed by atoms with Crippen molar-refractivity contribution in [1.82, 2.24) is 5.32 Å². The molecule has 0 bridgehead atoms. The van der Waals surface area contributed by atoms with Gasteiger partial charge in [0.15, 0.2) is 0 Å². The van der Waals surface area contributed by atoms with Gasteiger partial charge in [0.2, 0.25) is 5.91 Å². The van der Waals surface area contributed by atoms with Crippen LogP contribution in [0.5, 0.6) is 5.75 Å². The molecule has 24 heavy (non-hydrogen) atoms. The molecular weight excluding hydrogens is 338 g/mol. The SMILES string of the molecule is COc1ccc(CCC(=O)NC(c2ccsc2)c2cccs2)cc1. The van der Waals surface area contributed by atoms with Crippen LogP contribution in [0.15, 0.2) is 58.6 Å². The van der Waals surface area contributed by atoms with Crippen molar-refractivity contribution in [1.29, 1.82) is 0 Å². The van der Waals surface area contributed by atoms with Crippen LogP contribution in [-0.4, -0.2) is 13.0 Å². The summed E-state index contributed by atoms with van der Waals surface area (Å²) in [6, 6.07) is 13.9. The molecule has 1 unspecified atom stereocenters. The summed E-state index contributed by atoms with van der Waals surface area (Å²) < 4.78 is 5.15. The van der Waals surface area contributed by atoms with Crippen LogP contribution in [0.2, 0.25) is 0 Å². The molecule has 3 aromatic rings. The van der Waals surface area contributed by atoms with E-state index >= 15 is 0 Å². The third kappa shape index (κ3) is 4.24. The Morgan fingerprint density at radius 3 is 2.62 bits per heavy atom. The van der Waals surface area contributed by atoms with E-state index in [2.05, 4.69) is 22.8 Å². The molecule has 0 saturated carbocycles. The first-order valence-corrected chi connectivity index (χ1v) is 9.56. The highest BCUT2D eigenvalue weighted by atomic mass is 32.1. The third-order valence-electron chi connectivity index (χ3n) is 3.81.